The van der Waals surface area contributed by atoms with Gasteiger partial charge in [-0.15, -0.1) is 0 Å². The molecule has 2 aromatic rings. The molecule has 0 spiro atoms. The molecule has 1 aromatic heterocycles. The van der Waals surface area contributed by atoms with Gasteiger partial charge in [0.15, 0.2) is 9.84 Å². The molecule has 0 saturated carbocycles. The molecule has 0 unspecified atom stereocenters. The van der Waals surface area contributed by atoms with E-state index in [-0.39, 0.29) is 5.75 Å². The maximum absolute atomic E-state index is 12.3. The summed E-state index contributed by atoms with van der Waals surface area (Å²) in [6, 6.07) is 9.17. The van der Waals surface area contributed by atoms with E-state index in [2.05, 4.69) is 10.3 Å². The van der Waals surface area contributed by atoms with Crippen molar-refractivity contribution in [3.8, 4) is 0 Å². The number of aromatic nitrogens is 1. The number of anilines is 1. The van der Waals surface area contributed by atoms with Crippen molar-refractivity contribution in [1.29, 1.82) is 0 Å². The van der Waals surface area contributed by atoms with Gasteiger partial charge in [0, 0.05) is 11.6 Å². The number of rotatable bonds is 2. The molecule has 1 N–H and O–H groups in total. The first-order chi connectivity index (χ1) is 10.1. The molecule has 0 bridgehead atoms. The van der Waals surface area contributed by atoms with Crippen LogP contribution >= 0.6 is 0 Å². The summed E-state index contributed by atoms with van der Waals surface area (Å²) in [6.45, 7) is 0. The van der Waals surface area contributed by atoms with Gasteiger partial charge >= 0.3 is 0 Å². The van der Waals surface area contributed by atoms with E-state index in [1.54, 1.807) is 12.3 Å². The normalized spacial score (nSPS) is 21.0. The Kier molecular flexibility index (Phi) is 3.63. The second kappa shape index (κ2) is 5.44. The summed E-state index contributed by atoms with van der Waals surface area (Å²) >= 11 is 0. The Morgan fingerprint density at radius 2 is 2.00 bits per heavy atom. The number of hydrogen-bond acceptors (Lipinski definition) is 4. The third kappa shape index (κ3) is 2.76. The summed E-state index contributed by atoms with van der Waals surface area (Å²) in [5.41, 5.74) is 1.22. The van der Waals surface area contributed by atoms with Crippen molar-refractivity contribution in [2.24, 2.45) is 0 Å². The molecule has 0 radical (unpaired) electrons. The molecule has 0 aliphatic carbocycles. The summed E-state index contributed by atoms with van der Waals surface area (Å²) < 4.78 is 24.0. The van der Waals surface area contributed by atoms with Crippen LogP contribution in [0.4, 0.5) is 5.69 Å². The average Bonchev–Trinajstić information content (AvgIpc) is 2.47. The zero-order valence-corrected chi connectivity index (χ0v) is 12.3. The molecule has 1 saturated heterocycles. The summed E-state index contributed by atoms with van der Waals surface area (Å²) in [4.78, 5) is 16.6. The smallest absolute Gasteiger partial charge is 0.242 e. The minimum atomic E-state index is -3.33. The maximum atomic E-state index is 12.3. The van der Waals surface area contributed by atoms with E-state index in [1.165, 1.54) is 0 Å². The minimum absolute atomic E-state index is 0.0961. The fraction of sp³-hybridized carbons (Fsp3) is 0.333. The minimum Gasteiger partial charge on any atom is -0.323 e. The third-order valence-corrected chi connectivity index (χ3v) is 5.94. The second-order valence-electron chi connectivity index (χ2n) is 5.22. The number of nitrogens with one attached hydrogen (secondary N) is 1. The zero-order valence-electron chi connectivity index (χ0n) is 11.5. The Balaban J connectivity index is 1.90. The van der Waals surface area contributed by atoms with Gasteiger partial charge in [-0.2, -0.15) is 0 Å². The first-order valence-corrected chi connectivity index (χ1v) is 8.66. The van der Waals surface area contributed by atoms with Crippen molar-refractivity contribution in [3.05, 3.63) is 36.5 Å². The lowest BCUT2D eigenvalue weighted by molar-refractivity contribution is -0.116. The molecule has 6 heteroatoms. The van der Waals surface area contributed by atoms with Gasteiger partial charge in [0.25, 0.3) is 0 Å². The van der Waals surface area contributed by atoms with Crippen molar-refractivity contribution in [2.45, 2.75) is 24.5 Å². The van der Waals surface area contributed by atoms with Gasteiger partial charge in [0.2, 0.25) is 5.91 Å². The van der Waals surface area contributed by atoms with Crippen LogP contribution in [-0.4, -0.2) is 30.3 Å². The molecule has 3 rings (SSSR count). The number of sulfone groups is 1. The largest absolute Gasteiger partial charge is 0.323 e. The van der Waals surface area contributed by atoms with Gasteiger partial charge in [-0.3, -0.25) is 9.78 Å². The number of hydrogen-bond donors (Lipinski definition) is 1. The fourth-order valence-corrected chi connectivity index (χ4v) is 4.47. The number of para-hydroxylation sites is 1. The van der Waals surface area contributed by atoms with Crippen LogP contribution in [0.3, 0.4) is 0 Å². The molecular weight excluding hydrogens is 288 g/mol. The Morgan fingerprint density at radius 1 is 1.19 bits per heavy atom. The first kappa shape index (κ1) is 14.0. The number of carbonyl (C=O) groups excluding carboxylic acids is 1. The monoisotopic (exact) mass is 304 g/mol. The van der Waals surface area contributed by atoms with Crippen LogP contribution in [-0.2, 0) is 14.6 Å². The molecular formula is C15H16N2O3S. The number of nitrogens with zero attached hydrogens (tertiary/aromatic N) is 1. The van der Waals surface area contributed by atoms with E-state index < -0.39 is 21.0 Å². The summed E-state index contributed by atoms with van der Waals surface area (Å²) in [6.07, 6.45) is 3.45. The SMILES string of the molecule is O=C(Nc1cccc2cccnc12)[C@H]1CCCCS1(=O)=O. The number of benzene rings is 1. The molecule has 1 atom stereocenters. The van der Waals surface area contributed by atoms with Crippen molar-refractivity contribution in [2.75, 3.05) is 11.1 Å². The van der Waals surface area contributed by atoms with Gasteiger partial charge in [0.1, 0.15) is 5.25 Å². The average molecular weight is 304 g/mol. The lowest BCUT2D eigenvalue weighted by atomic mass is 10.1. The van der Waals surface area contributed by atoms with Crippen molar-refractivity contribution < 1.29 is 13.2 Å². The van der Waals surface area contributed by atoms with Crippen LogP contribution in [0.25, 0.3) is 10.9 Å². The highest BCUT2D eigenvalue weighted by Crippen LogP contribution is 2.24. The van der Waals surface area contributed by atoms with Crippen molar-refractivity contribution >= 4 is 32.3 Å². The van der Waals surface area contributed by atoms with Gasteiger partial charge in [-0.05, 0) is 25.0 Å². The van der Waals surface area contributed by atoms with E-state index >= 15 is 0 Å². The van der Waals surface area contributed by atoms with Crippen LogP contribution in [0.5, 0.6) is 0 Å². The quantitative estimate of drug-likeness (QED) is 0.922. The van der Waals surface area contributed by atoms with Gasteiger partial charge in [0.05, 0.1) is 17.0 Å². The summed E-state index contributed by atoms with van der Waals surface area (Å²) in [5, 5.41) is 2.69. The van der Waals surface area contributed by atoms with Crippen molar-refractivity contribution in [3.63, 3.8) is 0 Å². The van der Waals surface area contributed by atoms with E-state index in [0.717, 1.165) is 11.8 Å². The molecule has 1 amide bonds. The highest BCUT2D eigenvalue weighted by Gasteiger charge is 2.34. The van der Waals surface area contributed by atoms with E-state index in [0.29, 0.717) is 24.0 Å². The fourth-order valence-electron chi connectivity index (χ4n) is 2.67. The molecule has 110 valence electrons. The number of amides is 1. The Hall–Kier alpha value is -1.95. The molecule has 21 heavy (non-hydrogen) atoms. The van der Waals surface area contributed by atoms with Gasteiger partial charge in [-0.1, -0.05) is 24.6 Å². The predicted molar refractivity (Wildman–Crippen MR) is 81.8 cm³/mol. The van der Waals surface area contributed by atoms with Crippen LogP contribution in [0.2, 0.25) is 0 Å². The lowest BCUT2D eigenvalue weighted by Gasteiger charge is -2.21. The molecule has 2 heterocycles. The standard InChI is InChI=1S/C15H16N2O3S/c18-15(13-8-1-2-10-21(13,19)20)17-12-7-3-5-11-6-4-9-16-14(11)12/h3-7,9,13H,1-2,8,10H2,(H,17,18)/t13-/m1/s1. The van der Waals surface area contributed by atoms with Crippen molar-refractivity contribution in [1.82, 2.24) is 4.98 Å². The maximum Gasteiger partial charge on any atom is 0.242 e. The Morgan fingerprint density at radius 3 is 2.81 bits per heavy atom. The molecule has 1 aliphatic heterocycles. The first-order valence-electron chi connectivity index (χ1n) is 6.94. The predicted octanol–water partition coefficient (Wildman–Crippen LogP) is 2.14. The molecule has 1 aliphatic rings. The third-order valence-electron chi connectivity index (χ3n) is 3.76. The van der Waals surface area contributed by atoms with E-state index in [1.807, 2.05) is 24.3 Å². The highest BCUT2D eigenvalue weighted by molar-refractivity contribution is 7.92. The van der Waals surface area contributed by atoms with Gasteiger partial charge in [-0.25, -0.2) is 8.42 Å². The van der Waals surface area contributed by atoms with E-state index in [4.69, 9.17) is 0 Å². The number of carbonyl (C=O) groups is 1. The van der Waals surface area contributed by atoms with Crippen LogP contribution in [0, 0.1) is 0 Å². The topological polar surface area (TPSA) is 76.1 Å². The summed E-state index contributed by atoms with van der Waals surface area (Å²) in [7, 11) is -3.33. The molecule has 1 aromatic carbocycles. The van der Waals surface area contributed by atoms with Crippen LogP contribution in [0.15, 0.2) is 36.5 Å². The molecule has 1 fully saturated rings. The lowest BCUT2D eigenvalue weighted by Crippen LogP contribution is -2.39. The Labute approximate surface area is 123 Å². The Bertz CT molecular complexity index is 781. The highest BCUT2D eigenvalue weighted by atomic mass is 32.2. The number of pyridine rings is 1. The van der Waals surface area contributed by atoms with Crippen LogP contribution < -0.4 is 5.32 Å². The molecule has 5 nitrogen and oxygen atoms in total. The number of fused-ring (bicyclic) bond motifs is 1. The second-order valence-corrected chi connectivity index (χ2v) is 7.52. The summed E-state index contributed by atoms with van der Waals surface area (Å²) in [5.74, 6) is -0.355. The van der Waals surface area contributed by atoms with Crippen LogP contribution in [0.1, 0.15) is 19.3 Å². The zero-order chi connectivity index (χ0) is 14.9. The van der Waals surface area contributed by atoms with E-state index in [9.17, 15) is 13.2 Å². The van der Waals surface area contributed by atoms with Gasteiger partial charge < -0.3 is 5.32 Å².